The van der Waals surface area contributed by atoms with Gasteiger partial charge in [-0.2, -0.15) is 0 Å². The van der Waals surface area contributed by atoms with Crippen molar-refractivity contribution in [1.29, 1.82) is 0 Å². The van der Waals surface area contributed by atoms with Gasteiger partial charge in [0.05, 0.1) is 5.69 Å². The Morgan fingerprint density at radius 3 is 2.79 bits per heavy atom. The van der Waals surface area contributed by atoms with E-state index in [0.717, 1.165) is 12.8 Å². The summed E-state index contributed by atoms with van der Waals surface area (Å²) in [7, 11) is 0. The highest BCUT2D eigenvalue weighted by atomic mass is 16.4. The number of amides is 2. The van der Waals surface area contributed by atoms with E-state index in [1.165, 1.54) is 12.3 Å². The number of rotatable bonds is 2. The van der Waals surface area contributed by atoms with Gasteiger partial charge in [0.1, 0.15) is 0 Å². The molecule has 0 bridgehead atoms. The lowest BCUT2D eigenvalue weighted by atomic mass is 10.0. The molecule has 1 saturated heterocycles. The minimum absolute atomic E-state index is 0.146. The maximum atomic E-state index is 12.2. The molecule has 0 atom stereocenters. The Balaban J connectivity index is 2.18. The number of likely N-dealkylation sites (tertiary alicyclic amines) is 1. The van der Waals surface area contributed by atoms with Crippen LogP contribution in [-0.2, 0) is 0 Å². The number of nitrogens with one attached hydrogen (secondary N) is 1. The summed E-state index contributed by atoms with van der Waals surface area (Å²) in [5.74, 6) is -1.16. The Hall–Kier alpha value is -2.11. The molecule has 0 unspecified atom stereocenters. The molecule has 1 aromatic rings. The van der Waals surface area contributed by atoms with E-state index in [1.54, 1.807) is 11.0 Å². The lowest BCUT2D eigenvalue weighted by molar-refractivity contribution is 0.0691. The first-order valence-electron chi connectivity index (χ1n) is 6.19. The van der Waals surface area contributed by atoms with Crippen molar-refractivity contribution in [2.75, 3.05) is 11.9 Å². The average molecular weight is 263 g/mol. The third kappa shape index (κ3) is 2.67. The number of carbonyl (C=O) groups is 2. The molecule has 2 rings (SSSR count). The van der Waals surface area contributed by atoms with Crippen LogP contribution in [0.1, 0.15) is 37.2 Å². The van der Waals surface area contributed by atoms with Crippen molar-refractivity contribution in [3.63, 3.8) is 0 Å². The van der Waals surface area contributed by atoms with E-state index < -0.39 is 5.97 Å². The number of aromatic nitrogens is 1. The molecular weight excluding hydrogens is 246 g/mol. The molecule has 0 spiro atoms. The molecule has 0 aliphatic carbocycles. The van der Waals surface area contributed by atoms with E-state index in [1.807, 2.05) is 13.8 Å². The van der Waals surface area contributed by atoms with E-state index in [4.69, 9.17) is 5.11 Å². The zero-order chi connectivity index (χ0) is 14.0. The van der Waals surface area contributed by atoms with Crippen molar-refractivity contribution in [2.24, 2.45) is 0 Å². The summed E-state index contributed by atoms with van der Waals surface area (Å²) in [6.45, 7) is 4.68. The van der Waals surface area contributed by atoms with Gasteiger partial charge in [0.15, 0.2) is 5.69 Å². The van der Waals surface area contributed by atoms with E-state index in [9.17, 15) is 9.59 Å². The topological polar surface area (TPSA) is 82.5 Å². The van der Waals surface area contributed by atoms with Gasteiger partial charge in [-0.25, -0.2) is 14.6 Å². The summed E-state index contributed by atoms with van der Waals surface area (Å²) in [5, 5.41) is 11.7. The smallest absolute Gasteiger partial charge is 0.356 e. The monoisotopic (exact) mass is 263 g/mol. The number of anilines is 1. The zero-order valence-corrected chi connectivity index (χ0v) is 11.0. The molecule has 1 fully saturated rings. The van der Waals surface area contributed by atoms with Crippen LogP contribution >= 0.6 is 0 Å². The molecule has 0 radical (unpaired) electrons. The van der Waals surface area contributed by atoms with Crippen LogP contribution in [0.4, 0.5) is 10.5 Å². The summed E-state index contributed by atoms with van der Waals surface area (Å²) in [6, 6.07) is 2.85. The Bertz CT molecular complexity index is 514. The number of hydrogen-bond donors (Lipinski definition) is 2. The fourth-order valence-corrected chi connectivity index (χ4v) is 2.34. The first-order valence-corrected chi connectivity index (χ1v) is 6.19. The molecule has 6 nitrogen and oxygen atoms in total. The molecule has 2 amide bonds. The normalized spacial score (nSPS) is 17.3. The van der Waals surface area contributed by atoms with Crippen molar-refractivity contribution in [1.82, 2.24) is 9.88 Å². The summed E-state index contributed by atoms with van der Waals surface area (Å²) >= 11 is 0. The van der Waals surface area contributed by atoms with Gasteiger partial charge in [0.2, 0.25) is 0 Å². The number of urea groups is 1. The fraction of sp³-hybridized carbons (Fsp3) is 0.462. The van der Waals surface area contributed by atoms with E-state index in [2.05, 4.69) is 10.3 Å². The number of carboxylic acid groups (broad SMARTS) is 1. The number of pyridine rings is 1. The van der Waals surface area contributed by atoms with Gasteiger partial charge in [0.25, 0.3) is 0 Å². The third-order valence-electron chi connectivity index (χ3n) is 3.40. The van der Waals surface area contributed by atoms with E-state index in [0.29, 0.717) is 6.54 Å². The minimum atomic E-state index is -1.16. The minimum Gasteiger partial charge on any atom is -0.476 e. The highest BCUT2D eigenvalue weighted by molar-refractivity contribution is 5.98. The number of hydrogen-bond acceptors (Lipinski definition) is 3. The highest BCUT2D eigenvalue weighted by Crippen LogP contribution is 2.29. The van der Waals surface area contributed by atoms with Crippen molar-refractivity contribution in [2.45, 2.75) is 32.2 Å². The zero-order valence-electron chi connectivity index (χ0n) is 11.0. The second-order valence-corrected chi connectivity index (χ2v) is 5.20. The van der Waals surface area contributed by atoms with Gasteiger partial charge < -0.3 is 15.3 Å². The molecule has 1 aromatic heterocycles. The molecule has 102 valence electrons. The van der Waals surface area contributed by atoms with Gasteiger partial charge in [-0.05, 0) is 38.8 Å². The standard InChI is InChI=1S/C13H17N3O3/c1-13(2)6-4-8-16(13)12(19)15-9-5-3-7-14-10(9)11(17)18/h3,5,7H,4,6,8H2,1-2H3,(H,15,19)(H,17,18). The Morgan fingerprint density at radius 2 is 2.21 bits per heavy atom. The maximum absolute atomic E-state index is 12.2. The SMILES string of the molecule is CC1(C)CCCN1C(=O)Nc1cccnc1C(=O)O. The van der Waals surface area contributed by atoms with E-state index in [-0.39, 0.29) is 23.0 Å². The average Bonchev–Trinajstić information content (AvgIpc) is 2.69. The summed E-state index contributed by atoms with van der Waals surface area (Å²) in [6.07, 6.45) is 3.29. The molecule has 19 heavy (non-hydrogen) atoms. The van der Waals surface area contributed by atoms with Crippen LogP contribution in [-0.4, -0.2) is 39.1 Å². The van der Waals surface area contributed by atoms with Crippen LogP contribution in [0.5, 0.6) is 0 Å². The lowest BCUT2D eigenvalue weighted by Gasteiger charge is -2.31. The van der Waals surface area contributed by atoms with Crippen LogP contribution in [0.25, 0.3) is 0 Å². The number of carbonyl (C=O) groups excluding carboxylic acids is 1. The van der Waals surface area contributed by atoms with Crippen LogP contribution in [0, 0.1) is 0 Å². The first-order chi connectivity index (χ1) is 8.92. The number of nitrogens with zero attached hydrogens (tertiary/aromatic N) is 2. The maximum Gasteiger partial charge on any atom is 0.356 e. The second-order valence-electron chi connectivity index (χ2n) is 5.20. The largest absolute Gasteiger partial charge is 0.476 e. The highest BCUT2D eigenvalue weighted by Gasteiger charge is 2.35. The van der Waals surface area contributed by atoms with Gasteiger partial charge in [0, 0.05) is 18.3 Å². The Labute approximate surface area is 111 Å². The van der Waals surface area contributed by atoms with Crippen molar-refractivity contribution < 1.29 is 14.7 Å². The molecule has 1 aliphatic heterocycles. The quantitative estimate of drug-likeness (QED) is 0.856. The molecule has 2 heterocycles. The van der Waals surface area contributed by atoms with Gasteiger partial charge in [-0.1, -0.05) is 0 Å². The van der Waals surface area contributed by atoms with Crippen LogP contribution in [0.15, 0.2) is 18.3 Å². The first kappa shape index (κ1) is 13.3. The van der Waals surface area contributed by atoms with Crippen LogP contribution in [0.3, 0.4) is 0 Å². The molecule has 0 saturated carbocycles. The predicted octanol–water partition coefficient (Wildman–Crippen LogP) is 2.19. The van der Waals surface area contributed by atoms with Crippen LogP contribution < -0.4 is 5.32 Å². The molecule has 2 N–H and O–H groups in total. The summed E-state index contributed by atoms with van der Waals surface area (Å²) in [5.41, 5.74) is -0.120. The Morgan fingerprint density at radius 1 is 1.47 bits per heavy atom. The second kappa shape index (κ2) is 4.87. The summed E-state index contributed by atoms with van der Waals surface area (Å²) < 4.78 is 0. The third-order valence-corrected chi connectivity index (χ3v) is 3.40. The van der Waals surface area contributed by atoms with Crippen LogP contribution in [0.2, 0.25) is 0 Å². The molecule has 1 aliphatic rings. The summed E-state index contributed by atoms with van der Waals surface area (Å²) in [4.78, 5) is 28.7. The molecule has 0 aromatic carbocycles. The van der Waals surface area contributed by atoms with Gasteiger partial charge in [-0.15, -0.1) is 0 Å². The molecule has 6 heteroatoms. The molecular formula is C13H17N3O3. The number of aromatic carboxylic acids is 1. The number of carboxylic acids is 1. The Kier molecular flexibility index (Phi) is 3.42. The van der Waals surface area contributed by atoms with Crippen molar-refractivity contribution >= 4 is 17.7 Å². The van der Waals surface area contributed by atoms with Crippen molar-refractivity contribution in [3.05, 3.63) is 24.0 Å². The van der Waals surface area contributed by atoms with Gasteiger partial charge >= 0.3 is 12.0 Å². The lowest BCUT2D eigenvalue weighted by Crippen LogP contribution is -2.45. The van der Waals surface area contributed by atoms with Crippen molar-refractivity contribution in [3.8, 4) is 0 Å². The fourth-order valence-electron chi connectivity index (χ4n) is 2.34. The van der Waals surface area contributed by atoms with Gasteiger partial charge in [-0.3, -0.25) is 0 Å². The van der Waals surface area contributed by atoms with E-state index >= 15 is 0 Å². The predicted molar refractivity (Wildman–Crippen MR) is 70.2 cm³/mol.